The Balaban J connectivity index is 1.54. The van der Waals surface area contributed by atoms with Gasteiger partial charge in [0.15, 0.2) is 0 Å². The van der Waals surface area contributed by atoms with E-state index < -0.39 is 48.5 Å². The van der Waals surface area contributed by atoms with E-state index in [2.05, 4.69) is 33.5 Å². The number of hydrogen-bond donors (Lipinski definition) is 8. The lowest BCUT2D eigenvalue weighted by atomic mass is 9.81. The van der Waals surface area contributed by atoms with Crippen LogP contribution in [-0.4, -0.2) is 88.8 Å². The van der Waals surface area contributed by atoms with Gasteiger partial charge in [0, 0.05) is 25.3 Å². The number of hydrogen-bond acceptors (Lipinski definition) is 7. The summed E-state index contributed by atoms with van der Waals surface area (Å²) in [6.45, 7) is 4.26. The summed E-state index contributed by atoms with van der Waals surface area (Å²) in [7, 11) is 0. The monoisotopic (exact) mass is 697 g/mol. The molecule has 8 N–H and O–H groups in total. The van der Waals surface area contributed by atoms with E-state index in [1.54, 1.807) is 0 Å². The summed E-state index contributed by atoms with van der Waals surface area (Å²) < 4.78 is 0. The molecule has 1 saturated carbocycles. The second-order valence-corrected chi connectivity index (χ2v) is 13.0. The Bertz CT molecular complexity index is 1460. The normalized spacial score (nSPS) is 17.5. The lowest BCUT2D eigenvalue weighted by molar-refractivity contribution is -0.141. The molecule has 4 amide bonds. The average Bonchev–Trinajstić information content (AvgIpc) is 3.09. The van der Waals surface area contributed by atoms with E-state index in [1.807, 2.05) is 42.5 Å². The van der Waals surface area contributed by atoms with Crippen molar-refractivity contribution < 1.29 is 44.1 Å². The van der Waals surface area contributed by atoms with E-state index >= 15 is 0 Å². The molecule has 14 nitrogen and oxygen atoms in total. The van der Waals surface area contributed by atoms with Crippen LogP contribution < -0.4 is 26.6 Å². The highest BCUT2D eigenvalue weighted by atomic mass is 16.4. The molecular weight excluding hydrogens is 646 g/mol. The maximum absolute atomic E-state index is 13.5. The zero-order valence-corrected chi connectivity index (χ0v) is 28.6. The minimum atomic E-state index is -1.50. The van der Waals surface area contributed by atoms with Crippen molar-refractivity contribution >= 4 is 46.5 Å². The maximum atomic E-state index is 13.5. The number of unbranched alkanes of at least 4 members (excludes halogenated alkanes) is 1. The molecule has 0 bridgehead atoms. The Morgan fingerprint density at radius 3 is 2.06 bits per heavy atom. The van der Waals surface area contributed by atoms with E-state index in [9.17, 15) is 39.0 Å². The number of benzene rings is 2. The molecule has 274 valence electrons. The fourth-order valence-corrected chi connectivity index (χ4v) is 6.16. The van der Waals surface area contributed by atoms with E-state index in [0.717, 1.165) is 61.5 Å². The van der Waals surface area contributed by atoms with Crippen LogP contribution in [0.2, 0.25) is 0 Å². The van der Waals surface area contributed by atoms with Crippen LogP contribution in [-0.2, 0) is 30.4 Å². The van der Waals surface area contributed by atoms with Crippen molar-refractivity contribution in [3.63, 3.8) is 0 Å². The molecule has 0 aromatic heterocycles. The number of carbonyl (C=O) groups is 6. The quantitative estimate of drug-likeness (QED) is 0.0891. The molecule has 3 rings (SSSR count). The number of carboxylic acid groups (broad SMARTS) is 3. The fourth-order valence-electron chi connectivity index (χ4n) is 6.16. The van der Waals surface area contributed by atoms with Crippen LogP contribution in [0.25, 0.3) is 10.8 Å². The van der Waals surface area contributed by atoms with Gasteiger partial charge in [0.1, 0.15) is 18.1 Å². The minimum Gasteiger partial charge on any atom is -0.481 e. The van der Waals surface area contributed by atoms with Crippen molar-refractivity contribution in [3.8, 4) is 0 Å². The molecule has 50 heavy (non-hydrogen) atoms. The average molecular weight is 698 g/mol. The number of amides is 4. The lowest BCUT2D eigenvalue weighted by Gasteiger charge is -2.29. The summed E-state index contributed by atoms with van der Waals surface area (Å²) in [5.41, 5.74) is 0.900. The Kier molecular flexibility index (Phi) is 16.5. The van der Waals surface area contributed by atoms with Crippen LogP contribution in [0.5, 0.6) is 0 Å². The third-order valence-corrected chi connectivity index (χ3v) is 9.04. The first kappa shape index (κ1) is 39.7. The lowest BCUT2D eigenvalue weighted by Crippen LogP contribution is -2.51. The van der Waals surface area contributed by atoms with Crippen molar-refractivity contribution in [1.29, 1.82) is 0 Å². The molecule has 1 aliphatic carbocycles. The first-order chi connectivity index (χ1) is 24.0. The molecular formula is C36H51N5O9. The third-order valence-electron chi connectivity index (χ3n) is 9.04. The minimum absolute atomic E-state index is 0.000615. The van der Waals surface area contributed by atoms with Crippen LogP contribution >= 0.6 is 0 Å². The van der Waals surface area contributed by atoms with Crippen molar-refractivity contribution in [2.45, 2.75) is 95.7 Å². The van der Waals surface area contributed by atoms with E-state index in [-0.39, 0.29) is 37.1 Å². The van der Waals surface area contributed by atoms with E-state index in [1.165, 1.54) is 0 Å². The van der Waals surface area contributed by atoms with E-state index in [4.69, 9.17) is 5.11 Å². The zero-order chi connectivity index (χ0) is 36.5. The van der Waals surface area contributed by atoms with Gasteiger partial charge in [-0.05, 0) is 93.1 Å². The van der Waals surface area contributed by atoms with Gasteiger partial charge in [-0.2, -0.15) is 0 Å². The van der Waals surface area contributed by atoms with Gasteiger partial charge in [0.05, 0.1) is 0 Å². The third kappa shape index (κ3) is 13.7. The van der Waals surface area contributed by atoms with Crippen LogP contribution in [0.1, 0.15) is 76.7 Å². The van der Waals surface area contributed by atoms with Crippen LogP contribution in [0.4, 0.5) is 4.79 Å². The van der Waals surface area contributed by atoms with Crippen LogP contribution in [0, 0.1) is 11.8 Å². The first-order valence-corrected chi connectivity index (χ1v) is 17.5. The van der Waals surface area contributed by atoms with Gasteiger partial charge >= 0.3 is 23.9 Å². The molecule has 3 unspecified atom stereocenters. The number of aliphatic carboxylic acids is 3. The fraction of sp³-hybridized carbons (Fsp3) is 0.556. The number of carbonyl (C=O) groups excluding carboxylic acids is 3. The SMILES string of the molecule is CCCNCC1CCC(C(=O)NC(Cc2ccc3ccccc3c2)C(=O)NCCCCC(NC(=O)NC(CCC(=O)O)C(=O)O)C(=O)O)CC1. The van der Waals surface area contributed by atoms with Crippen molar-refractivity contribution in [3.05, 3.63) is 48.0 Å². The Morgan fingerprint density at radius 2 is 1.42 bits per heavy atom. The summed E-state index contributed by atoms with van der Waals surface area (Å²) in [5, 5.41) is 43.3. The Morgan fingerprint density at radius 1 is 0.760 bits per heavy atom. The number of carboxylic acids is 3. The van der Waals surface area contributed by atoms with Gasteiger partial charge < -0.3 is 41.9 Å². The molecule has 2 aromatic rings. The molecule has 14 heteroatoms. The molecule has 0 aliphatic heterocycles. The van der Waals surface area contributed by atoms with E-state index in [0.29, 0.717) is 25.2 Å². The number of fused-ring (bicyclic) bond motifs is 1. The topological polar surface area (TPSA) is 223 Å². The van der Waals surface area contributed by atoms with Gasteiger partial charge in [-0.15, -0.1) is 0 Å². The molecule has 0 heterocycles. The molecule has 1 aliphatic rings. The smallest absolute Gasteiger partial charge is 0.326 e. The van der Waals surface area contributed by atoms with Crippen LogP contribution in [0.3, 0.4) is 0 Å². The highest BCUT2D eigenvalue weighted by molar-refractivity contribution is 5.89. The second kappa shape index (κ2) is 20.7. The van der Waals surface area contributed by atoms with Crippen LogP contribution in [0.15, 0.2) is 42.5 Å². The summed E-state index contributed by atoms with van der Waals surface area (Å²) in [4.78, 5) is 73.0. The molecule has 2 aromatic carbocycles. The van der Waals surface area contributed by atoms with Gasteiger partial charge in [0.25, 0.3) is 0 Å². The maximum Gasteiger partial charge on any atom is 0.326 e. The van der Waals surface area contributed by atoms with Crippen molar-refractivity contribution in [2.75, 3.05) is 19.6 Å². The van der Waals surface area contributed by atoms with Gasteiger partial charge in [-0.3, -0.25) is 14.4 Å². The molecule has 0 spiro atoms. The van der Waals surface area contributed by atoms with Crippen molar-refractivity contribution in [1.82, 2.24) is 26.6 Å². The predicted molar refractivity (Wildman–Crippen MR) is 186 cm³/mol. The predicted octanol–water partition coefficient (Wildman–Crippen LogP) is 3.03. The highest BCUT2D eigenvalue weighted by Gasteiger charge is 2.30. The summed E-state index contributed by atoms with van der Waals surface area (Å²) in [5.74, 6) is -4.11. The molecule has 1 fully saturated rings. The molecule has 3 atom stereocenters. The first-order valence-electron chi connectivity index (χ1n) is 17.5. The standard InChI is InChI=1S/C36H51N5O9/c1-2-18-37-22-23-10-14-26(15-11-23)32(44)39-30(21-24-12-13-25-7-3-4-8-27(25)20-24)33(45)38-19-6-5-9-28(34(46)47)40-36(50)41-29(35(48)49)16-17-31(42)43/h3-4,7-8,12-13,20,23,26,28-30,37H,2,5-6,9-11,14-19,21-22H2,1H3,(H,38,45)(H,39,44)(H,42,43)(H,46,47)(H,48,49)(H2,40,41,50). The van der Waals surface area contributed by atoms with Gasteiger partial charge in [0.2, 0.25) is 11.8 Å². The summed E-state index contributed by atoms with van der Waals surface area (Å²) in [6.07, 6.45) is 4.64. The van der Waals surface area contributed by atoms with Gasteiger partial charge in [-0.25, -0.2) is 14.4 Å². The highest BCUT2D eigenvalue weighted by Crippen LogP contribution is 2.29. The molecule has 0 radical (unpaired) electrons. The summed E-state index contributed by atoms with van der Waals surface area (Å²) in [6, 6.07) is 9.15. The van der Waals surface area contributed by atoms with Gasteiger partial charge in [-0.1, -0.05) is 49.4 Å². The van der Waals surface area contributed by atoms with Crippen molar-refractivity contribution in [2.24, 2.45) is 11.8 Å². The second-order valence-electron chi connectivity index (χ2n) is 13.0. The number of urea groups is 1. The number of rotatable bonds is 21. The summed E-state index contributed by atoms with van der Waals surface area (Å²) >= 11 is 0. The number of nitrogens with one attached hydrogen (secondary N) is 5. The zero-order valence-electron chi connectivity index (χ0n) is 28.6. The largest absolute Gasteiger partial charge is 0.481 e. The Labute approximate surface area is 292 Å². The molecule has 0 saturated heterocycles. The Hall–Kier alpha value is -4.72.